The van der Waals surface area contributed by atoms with Crippen molar-refractivity contribution in [1.29, 1.82) is 0 Å². The maximum atomic E-state index is 11.1. The minimum Gasteiger partial charge on any atom is -0.497 e. The monoisotopic (exact) mass is 346 g/mol. The lowest BCUT2D eigenvalue weighted by molar-refractivity contribution is 0.0697. The third-order valence-corrected chi connectivity index (χ3v) is 3.59. The molecule has 0 radical (unpaired) electrons. The number of ether oxygens (including phenoxy) is 2. The second-order valence-electron chi connectivity index (χ2n) is 4.98. The number of thiocarbonyl (C=S) groups is 1. The molecule has 2 aromatic rings. The van der Waals surface area contributed by atoms with Crippen LogP contribution in [0.1, 0.15) is 15.9 Å². The van der Waals surface area contributed by atoms with E-state index in [4.69, 9.17) is 26.8 Å². The summed E-state index contributed by atoms with van der Waals surface area (Å²) in [5.74, 6) is 0.254. The first-order valence-corrected chi connectivity index (χ1v) is 7.49. The van der Waals surface area contributed by atoms with E-state index in [0.29, 0.717) is 28.0 Å². The molecular formula is C17H18N2O4S. The molecule has 0 aliphatic heterocycles. The zero-order valence-corrected chi connectivity index (χ0v) is 14.4. The molecule has 0 aliphatic carbocycles. The fraction of sp³-hybridized carbons (Fsp3) is 0.176. The lowest BCUT2D eigenvalue weighted by Gasteiger charge is -2.15. The van der Waals surface area contributed by atoms with E-state index in [1.807, 2.05) is 6.92 Å². The predicted octanol–water partition coefficient (Wildman–Crippen LogP) is 3.52. The predicted molar refractivity (Wildman–Crippen MR) is 97.5 cm³/mol. The Kier molecular flexibility index (Phi) is 5.59. The van der Waals surface area contributed by atoms with Crippen LogP contribution in [0.2, 0.25) is 0 Å². The molecule has 7 heteroatoms. The number of rotatable bonds is 5. The van der Waals surface area contributed by atoms with Gasteiger partial charge in [0.2, 0.25) is 0 Å². The summed E-state index contributed by atoms with van der Waals surface area (Å²) in [6.45, 7) is 1.87. The van der Waals surface area contributed by atoms with Crippen LogP contribution in [-0.2, 0) is 0 Å². The van der Waals surface area contributed by atoms with Gasteiger partial charge in [0.05, 0.1) is 25.5 Å². The van der Waals surface area contributed by atoms with Crippen molar-refractivity contribution in [2.24, 2.45) is 0 Å². The van der Waals surface area contributed by atoms with Crippen molar-refractivity contribution in [2.45, 2.75) is 6.92 Å². The SMILES string of the molecule is COc1ccc(NC(=S)Nc2cc(C(=O)O)ccc2C)c(OC)c1. The normalized spacial score (nSPS) is 9.96. The van der Waals surface area contributed by atoms with E-state index in [2.05, 4.69) is 10.6 Å². The molecular weight excluding hydrogens is 328 g/mol. The molecule has 6 nitrogen and oxygen atoms in total. The molecule has 0 saturated heterocycles. The van der Waals surface area contributed by atoms with Crippen LogP contribution >= 0.6 is 12.2 Å². The van der Waals surface area contributed by atoms with Gasteiger partial charge >= 0.3 is 5.97 Å². The van der Waals surface area contributed by atoms with E-state index in [0.717, 1.165) is 5.56 Å². The summed E-state index contributed by atoms with van der Waals surface area (Å²) in [6, 6.07) is 10.1. The van der Waals surface area contributed by atoms with E-state index in [1.165, 1.54) is 6.07 Å². The Hall–Kier alpha value is -2.80. The van der Waals surface area contributed by atoms with Crippen molar-refractivity contribution in [1.82, 2.24) is 0 Å². The first kappa shape index (κ1) is 17.6. The summed E-state index contributed by atoms with van der Waals surface area (Å²) in [5.41, 5.74) is 2.36. The van der Waals surface area contributed by atoms with E-state index in [9.17, 15) is 4.79 Å². The average Bonchev–Trinajstić information content (AvgIpc) is 2.56. The number of hydrogen-bond acceptors (Lipinski definition) is 4. The van der Waals surface area contributed by atoms with Crippen molar-refractivity contribution in [2.75, 3.05) is 24.9 Å². The Bertz CT molecular complexity index is 777. The molecule has 24 heavy (non-hydrogen) atoms. The number of methoxy groups -OCH3 is 2. The van der Waals surface area contributed by atoms with Gasteiger partial charge < -0.3 is 25.2 Å². The lowest BCUT2D eigenvalue weighted by atomic mass is 10.1. The molecule has 0 saturated carbocycles. The standard InChI is InChI=1S/C17H18N2O4S/c1-10-4-5-11(16(20)21)8-14(10)19-17(24)18-13-7-6-12(22-2)9-15(13)23-3/h4-9H,1-3H3,(H,20,21)(H2,18,19,24). The molecule has 2 aromatic carbocycles. The number of carbonyl (C=O) groups is 1. The Labute approximate surface area is 145 Å². The van der Waals surface area contributed by atoms with Gasteiger partial charge in [-0.2, -0.15) is 0 Å². The third kappa shape index (κ3) is 4.14. The molecule has 0 aliphatic rings. The highest BCUT2D eigenvalue weighted by Crippen LogP contribution is 2.29. The summed E-state index contributed by atoms with van der Waals surface area (Å²) in [7, 11) is 3.13. The van der Waals surface area contributed by atoms with Gasteiger partial charge in [-0.15, -0.1) is 0 Å². The van der Waals surface area contributed by atoms with Gasteiger partial charge in [0, 0.05) is 11.8 Å². The second-order valence-corrected chi connectivity index (χ2v) is 5.39. The van der Waals surface area contributed by atoms with Gasteiger partial charge in [0.15, 0.2) is 5.11 Å². The molecule has 0 bridgehead atoms. The zero-order chi connectivity index (χ0) is 17.7. The van der Waals surface area contributed by atoms with Gasteiger partial charge in [-0.25, -0.2) is 4.79 Å². The lowest BCUT2D eigenvalue weighted by Crippen LogP contribution is -2.20. The number of benzene rings is 2. The van der Waals surface area contributed by atoms with Crippen molar-refractivity contribution in [3.63, 3.8) is 0 Å². The summed E-state index contributed by atoms with van der Waals surface area (Å²) in [5, 5.41) is 15.4. The number of aryl methyl sites for hydroxylation is 1. The number of carboxylic acid groups (broad SMARTS) is 1. The maximum Gasteiger partial charge on any atom is 0.335 e. The van der Waals surface area contributed by atoms with Crippen LogP contribution in [0.25, 0.3) is 0 Å². The molecule has 0 amide bonds. The molecule has 0 heterocycles. The summed E-state index contributed by atoms with van der Waals surface area (Å²) < 4.78 is 10.5. The summed E-state index contributed by atoms with van der Waals surface area (Å²) in [4.78, 5) is 11.1. The summed E-state index contributed by atoms with van der Waals surface area (Å²) >= 11 is 5.30. The van der Waals surface area contributed by atoms with Gasteiger partial charge in [-0.3, -0.25) is 0 Å². The smallest absolute Gasteiger partial charge is 0.335 e. The average molecular weight is 346 g/mol. The molecule has 2 rings (SSSR count). The van der Waals surface area contributed by atoms with Gasteiger partial charge in [0.1, 0.15) is 11.5 Å². The first-order valence-electron chi connectivity index (χ1n) is 7.08. The molecule has 0 spiro atoms. The van der Waals surface area contributed by atoms with Crippen molar-refractivity contribution in [3.05, 3.63) is 47.5 Å². The Morgan fingerprint density at radius 1 is 1.04 bits per heavy atom. The molecule has 0 atom stereocenters. The van der Waals surface area contributed by atoms with Crippen LogP contribution in [-0.4, -0.2) is 30.4 Å². The zero-order valence-electron chi connectivity index (χ0n) is 13.5. The van der Waals surface area contributed by atoms with Crippen molar-refractivity contribution >= 4 is 34.7 Å². The van der Waals surface area contributed by atoms with Crippen LogP contribution in [0.3, 0.4) is 0 Å². The summed E-state index contributed by atoms with van der Waals surface area (Å²) in [6.07, 6.45) is 0. The Balaban J connectivity index is 2.17. The largest absolute Gasteiger partial charge is 0.497 e. The highest BCUT2D eigenvalue weighted by atomic mass is 32.1. The van der Waals surface area contributed by atoms with E-state index in [-0.39, 0.29) is 5.56 Å². The number of anilines is 2. The van der Waals surface area contributed by atoms with E-state index < -0.39 is 5.97 Å². The van der Waals surface area contributed by atoms with Crippen LogP contribution < -0.4 is 20.1 Å². The highest BCUT2D eigenvalue weighted by Gasteiger charge is 2.10. The van der Waals surface area contributed by atoms with E-state index >= 15 is 0 Å². The number of hydrogen-bond donors (Lipinski definition) is 3. The fourth-order valence-corrected chi connectivity index (χ4v) is 2.29. The minimum atomic E-state index is -0.992. The topological polar surface area (TPSA) is 79.8 Å². The Morgan fingerprint density at radius 2 is 1.75 bits per heavy atom. The van der Waals surface area contributed by atoms with Crippen LogP contribution in [0, 0.1) is 6.92 Å². The maximum absolute atomic E-state index is 11.1. The molecule has 0 aromatic heterocycles. The van der Waals surface area contributed by atoms with Crippen molar-refractivity contribution in [3.8, 4) is 11.5 Å². The van der Waals surface area contributed by atoms with Gasteiger partial charge in [-0.05, 0) is 49.0 Å². The first-order chi connectivity index (χ1) is 11.4. The van der Waals surface area contributed by atoms with Gasteiger partial charge in [-0.1, -0.05) is 6.07 Å². The number of carboxylic acids is 1. The second kappa shape index (κ2) is 7.65. The van der Waals surface area contributed by atoms with Crippen LogP contribution in [0.15, 0.2) is 36.4 Å². The van der Waals surface area contributed by atoms with Crippen molar-refractivity contribution < 1.29 is 19.4 Å². The number of nitrogens with one attached hydrogen (secondary N) is 2. The number of aromatic carboxylic acids is 1. The molecule has 0 unspecified atom stereocenters. The Morgan fingerprint density at radius 3 is 2.38 bits per heavy atom. The molecule has 126 valence electrons. The third-order valence-electron chi connectivity index (χ3n) is 3.39. The quantitative estimate of drug-likeness (QED) is 0.715. The molecule has 0 fully saturated rings. The highest BCUT2D eigenvalue weighted by molar-refractivity contribution is 7.80. The van der Waals surface area contributed by atoms with Gasteiger partial charge in [0.25, 0.3) is 0 Å². The molecule has 3 N–H and O–H groups in total. The minimum absolute atomic E-state index is 0.188. The fourth-order valence-electron chi connectivity index (χ4n) is 2.07. The van der Waals surface area contributed by atoms with E-state index in [1.54, 1.807) is 44.6 Å². The van der Waals surface area contributed by atoms with Crippen LogP contribution in [0.4, 0.5) is 11.4 Å². The van der Waals surface area contributed by atoms with Crippen LogP contribution in [0.5, 0.6) is 11.5 Å².